The first-order valence-electron chi connectivity index (χ1n) is 6.11. The van der Waals surface area contributed by atoms with Gasteiger partial charge in [-0.3, -0.25) is 9.78 Å². The van der Waals surface area contributed by atoms with E-state index in [9.17, 15) is 4.79 Å². The normalized spacial score (nSPS) is 14.4. The zero-order valence-corrected chi connectivity index (χ0v) is 9.97. The molecule has 0 radical (unpaired) electrons. The lowest BCUT2D eigenvalue weighted by molar-refractivity contribution is 0.0996. The van der Waals surface area contributed by atoms with Gasteiger partial charge in [0.05, 0.1) is 0 Å². The number of benzene rings is 1. The van der Waals surface area contributed by atoms with Crippen LogP contribution in [0.15, 0.2) is 42.6 Å². The Bertz CT molecular complexity index is 589. The second-order valence-corrected chi connectivity index (χ2v) is 4.63. The number of hydrogen-bond donors (Lipinski definition) is 1. The largest absolute Gasteiger partial charge is 0.364 e. The lowest BCUT2D eigenvalue weighted by Crippen LogP contribution is -2.15. The van der Waals surface area contributed by atoms with Gasteiger partial charge in [-0.25, -0.2) is 0 Å². The summed E-state index contributed by atoms with van der Waals surface area (Å²) in [5, 5.41) is 0. The summed E-state index contributed by atoms with van der Waals surface area (Å²) >= 11 is 0. The van der Waals surface area contributed by atoms with Crippen molar-refractivity contribution < 1.29 is 4.79 Å². The molecule has 1 amide bonds. The fourth-order valence-corrected chi connectivity index (χ4v) is 2.31. The van der Waals surface area contributed by atoms with E-state index in [-0.39, 0.29) is 0 Å². The summed E-state index contributed by atoms with van der Waals surface area (Å²) in [6, 6.07) is 11.9. The highest BCUT2D eigenvalue weighted by atomic mass is 16.1. The minimum atomic E-state index is -0.462. The van der Waals surface area contributed by atoms with E-state index >= 15 is 0 Å². The molecule has 18 heavy (non-hydrogen) atoms. The van der Waals surface area contributed by atoms with E-state index in [1.807, 2.05) is 36.4 Å². The zero-order chi connectivity index (χ0) is 12.5. The predicted octanol–water partition coefficient (Wildman–Crippen LogP) is 2.72. The van der Waals surface area contributed by atoms with Gasteiger partial charge in [-0.15, -0.1) is 0 Å². The number of pyridine rings is 1. The van der Waals surface area contributed by atoms with Gasteiger partial charge in [0, 0.05) is 11.8 Å². The molecule has 0 bridgehead atoms. The van der Waals surface area contributed by atoms with Gasteiger partial charge in [0.1, 0.15) is 5.69 Å². The average molecular weight is 238 g/mol. The number of nitrogens with zero attached hydrogens (tertiary/aromatic N) is 1. The smallest absolute Gasteiger partial charge is 0.267 e. The van der Waals surface area contributed by atoms with E-state index in [0.29, 0.717) is 11.6 Å². The predicted molar refractivity (Wildman–Crippen MR) is 70.2 cm³/mol. The summed E-state index contributed by atoms with van der Waals surface area (Å²) in [5.74, 6) is 0.0951. The molecule has 90 valence electrons. The van der Waals surface area contributed by atoms with E-state index < -0.39 is 5.91 Å². The van der Waals surface area contributed by atoms with Gasteiger partial charge >= 0.3 is 0 Å². The number of nitrogens with two attached hydrogens (primary N) is 1. The summed E-state index contributed by atoms with van der Waals surface area (Å²) in [6.07, 6.45) is 4.05. The molecule has 1 saturated carbocycles. The van der Waals surface area contributed by atoms with Crippen LogP contribution in [0.1, 0.15) is 34.8 Å². The first-order valence-corrected chi connectivity index (χ1v) is 6.11. The number of carbonyl (C=O) groups is 1. The molecule has 1 aliphatic carbocycles. The van der Waals surface area contributed by atoms with E-state index in [4.69, 9.17) is 5.73 Å². The molecule has 1 fully saturated rings. The number of primary amides is 1. The lowest BCUT2D eigenvalue weighted by Gasteiger charge is -2.11. The van der Waals surface area contributed by atoms with Crippen LogP contribution in [0.3, 0.4) is 0 Å². The SMILES string of the molecule is NC(=O)c1nccc(C2CC2)c1-c1ccccc1. The van der Waals surface area contributed by atoms with Crippen LogP contribution in [0.4, 0.5) is 0 Å². The highest BCUT2D eigenvalue weighted by molar-refractivity contribution is 5.98. The molecule has 0 aliphatic heterocycles. The molecule has 0 unspecified atom stereocenters. The van der Waals surface area contributed by atoms with Crippen molar-refractivity contribution >= 4 is 5.91 Å². The molecule has 1 aromatic heterocycles. The van der Waals surface area contributed by atoms with Crippen LogP contribution >= 0.6 is 0 Å². The number of aromatic nitrogens is 1. The number of carbonyl (C=O) groups excluding carboxylic acids is 1. The standard InChI is InChI=1S/C15H14N2O/c16-15(18)14-13(11-4-2-1-3-5-11)12(8-9-17-14)10-6-7-10/h1-5,8-10H,6-7H2,(H2,16,18). The van der Waals surface area contributed by atoms with Crippen LogP contribution in [0.2, 0.25) is 0 Å². The lowest BCUT2D eigenvalue weighted by atomic mass is 9.95. The van der Waals surface area contributed by atoms with Crippen molar-refractivity contribution in [2.24, 2.45) is 5.73 Å². The van der Waals surface area contributed by atoms with Gasteiger partial charge < -0.3 is 5.73 Å². The molecule has 3 rings (SSSR count). The Morgan fingerprint density at radius 2 is 1.89 bits per heavy atom. The van der Waals surface area contributed by atoms with Gasteiger partial charge in [0.25, 0.3) is 5.91 Å². The molecule has 0 atom stereocenters. The zero-order valence-electron chi connectivity index (χ0n) is 9.97. The van der Waals surface area contributed by atoms with E-state index in [2.05, 4.69) is 4.98 Å². The molecular weight excluding hydrogens is 224 g/mol. The number of rotatable bonds is 3. The van der Waals surface area contributed by atoms with E-state index in [1.165, 1.54) is 18.4 Å². The summed E-state index contributed by atoms with van der Waals surface area (Å²) in [6.45, 7) is 0. The molecular formula is C15H14N2O. The van der Waals surface area contributed by atoms with Crippen molar-refractivity contribution in [3.05, 3.63) is 53.9 Å². The van der Waals surface area contributed by atoms with Crippen LogP contribution in [0, 0.1) is 0 Å². The molecule has 2 N–H and O–H groups in total. The highest BCUT2D eigenvalue weighted by Gasteiger charge is 2.28. The van der Waals surface area contributed by atoms with Crippen LogP contribution in [-0.4, -0.2) is 10.9 Å². The fourth-order valence-electron chi connectivity index (χ4n) is 2.31. The van der Waals surface area contributed by atoms with Crippen molar-refractivity contribution in [2.45, 2.75) is 18.8 Å². The fraction of sp³-hybridized carbons (Fsp3) is 0.200. The third-order valence-corrected chi connectivity index (χ3v) is 3.30. The maximum atomic E-state index is 11.6. The summed E-state index contributed by atoms with van der Waals surface area (Å²) in [7, 11) is 0. The highest BCUT2D eigenvalue weighted by Crippen LogP contribution is 2.44. The van der Waals surface area contributed by atoms with Crippen LogP contribution in [0.25, 0.3) is 11.1 Å². The van der Waals surface area contributed by atoms with Gasteiger partial charge in [-0.2, -0.15) is 0 Å². The average Bonchev–Trinajstić information content (AvgIpc) is 3.23. The van der Waals surface area contributed by atoms with Crippen molar-refractivity contribution in [1.29, 1.82) is 0 Å². The van der Waals surface area contributed by atoms with E-state index in [1.54, 1.807) is 6.20 Å². The molecule has 1 aromatic carbocycles. The number of hydrogen-bond acceptors (Lipinski definition) is 2. The minimum absolute atomic E-state index is 0.380. The first kappa shape index (κ1) is 11.0. The molecule has 2 aromatic rings. The molecule has 3 nitrogen and oxygen atoms in total. The Morgan fingerprint density at radius 3 is 2.50 bits per heavy atom. The third-order valence-electron chi connectivity index (χ3n) is 3.30. The topological polar surface area (TPSA) is 56.0 Å². The van der Waals surface area contributed by atoms with Gasteiger partial charge in [0.15, 0.2) is 0 Å². The van der Waals surface area contributed by atoms with Crippen LogP contribution < -0.4 is 5.73 Å². The minimum Gasteiger partial charge on any atom is -0.364 e. The van der Waals surface area contributed by atoms with E-state index in [0.717, 1.165) is 11.1 Å². The molecule has 0 saturated heterocycles. The van der Waals surface area contributed by atoms with Crippen molar-refractivity contribution in [3.8, 4) is 11.1 Å². The van der Waals surface area contributed by atoms with Crippen LogP contribution in [-0.2, 0) is 0 Å². The van der Waals surface area contributed by atoms with Crippen molar-refractivity contribution in [2.75, 3.05) is 0 Å². The maximum absolute atomic E-state index is 11.6. The Balaban J connectivity index is 2.23. The third kappa shape index (κ3) is 1.88. The summed E-state index contributed by atoms with van der Waals surface area (Å²) in [4.78, 5) is 15.7. The Morgan fingerprint density at radius 1 is 1.17 bits per heavy atom. The second kappa shape index (κ2) is 4.26. The van der Waals surface area contributed by atoms with Gasteiger partial charge in [0.2, 0.25) is 0 Å². The summed E-state index contributed by atoms with van der Waals surface area (Å²) < 4.78 is 0. The number of amides is 1. The maximum Gasteiger partial charge on any atom is 0.267 e. The quantitative estimate of drug-likeness (QED) is 0.893. The molecule has 1 aliphatic rings. The second-order valence-electron chi connectivity index (χ2n) is 4.63. The van der Waals surface area contributed by atoms with Crippen LogP contribution in [0.5, 0.6) is 0 Å². The monoisotopic (exact) mass is 238 g/mol. The van der Waals surface area contributed by atoms with Gasteiger partial charge in [-0.05, 0) is 36.0 Å². The Hall–Kier alpha value is -2.16. The summed E-state index contributed by atoms with van der Waals surface area (Å²) in [5.41, 5.74) is 8.94. The molecule has 1 heterocycles. The van der Waals surface area contributed by atoms with Gasteiger partial charge in [-0.1, -0.05) is 30.3 Å². The molecule has 0 spiro atoms. The van der Waals surface area contributed by atoms with Crippen molar-refractivity contribution in [1.82, 2.24) is 4.98 Å². The van der Waals surface area contributed by atoms with Crippen molar-refractivity contribution in [3.63, 3.8) is 0 Å². The Kier molecular flexibility index (Phi) is 2.59. The first-order chi connectivity index (χ1) is 8.77. The Labute approximate surface area is 106 Å². The molecule has 3 heteroatoms.